The van der Waals surface area contributed by atoms with Crippen molar-refractivity contribution < 1.29 is 33.6 Å². The molecule has 2 aliphatic heterocycles. The van der Waals surface area contributed by atoms with E-state index in [-0.39, 0.29) is 31.2 Å². The summed E-state index contributed by atoms with van der Waals surface area (Å²) in [5.41, 5.74) is 0. The molecule has 1 N–H and O–H groups in total. The van der Waals surface area contributed by atoms with Gasteiger partial charge in [-0.1, -0.05) is 6.54 Å². The summed E-state index contributed by atoms with van der Waals surface area (Å²) in [6.07, 6.45) is 3.54. The van der Waals surface area contributed by atoms with Crippen molar-refractivity contribution in [3.8, 4) is 0 Å². The Morgan fingerprint density at radius 1 is 1.35 bits per heavy atom. The summed E-state index contributed by atoms with van der Waals surface area (Å²) in [7, 11) is 0. The molecule has 0 spiro atoms. The van der Waals surface area contributed by atoms with E-state index in [0.717, 1.165) is 25.9 Å². The third kappa shape index (κ3) is 5.11. The van der Waals surface area contributed by atoms with Gasteiger partial charge in [-0.2, -0.15) is 6.42 Å². The van der Waals surface area contributed by atoms with Crippen LogP contribution in [0.1, 0.15) is 26.2 Å². The van der Waals surface area contributed by atoms with Crippen molar-refractivity contribution in [3.63, 3.8) is 0 Å². The third-order valence-corrected chi connectivity index (χ3v) is 3.13. The van der Waals surface area contributed by atoms with Crippen molar-refractivity contribution in [2.24, 2.45) is 0 Å². The molecule has 92 valence electrons. The summed E-state index contributed by atoms with van der Waals surface area (Å²) in [5, 5.41) is 6.89. The van der Waals surface area contributed by atoms with Gasteiger partial charge in [0.2, 0.25) is 5.91 Å². The van der Waals surface area contributed by atoms with Crippen LogP contribution in [0.4, 0.5) is 0 Å². The van der Waals surface area contributed by atoms with Crippen molar-refractivity contribution in [1.29, 1.82) is 0 Å². The number of carboxylic acid groups (broad SMARTS) is 1. The van der Waals surface area contributed by atoms with E-state index in [9.17, 15) is 4.79 Å². The molecule has 2 heterocycles. The predicted octanol–water partition coefficient (Wildman–Crippen LogP) is -2.43. The fourth-order valence-corrected chi connectivity index (χ4v) is 2.12. The molecule has 0 bridgehead atoms. The molecule has 1 amide bonds. The first kappa shape index (κ1) is 16.5. The second-order valence-electron chi connectivity index (χ2n) is 4.05. The first-order valence-corrected chi connectivity index (χ1v) is 5.61. The van der Waals surface area contributed by atoms with E-state index in [4.69, 9.17) is 9.90 Å². The second kappa shape index (κ2) is 8.57. The van der Waals surface area contributed by atoms with E-state index in [1.54, 1.807) is 6.92 Å². The molecule has 0 aromatic carbocycles. The molecule has 0 aromatic rings. The van der Waals surface area contributed by atoms with Gasteiger partial charge in [0.25, 0.3) is 6.47 Å². The standard InChI is InChI=1S/C10H17N2O.CH2O2.Li/c1-9(13)11-7-3-10(4-8-11)12-5-2-6-12;2-1-3;/h5,10H,2-4,6-8H2,1H3;1H,(H,2,3);/q-1;;+1. The van der Waals surface area contributed by atoms with Gasteiger partial charge in [0.15, 0.2) is 0 Å². The van der Waals surface area contributed by atoms with Gasteiger partial charge in [-0.15, -0.1) is 0 Å². The van der Waals surface area contributed by atoms with Gasteiger partial charge in [0.1, 0.15) is 0 Å². The van der Waals surface area contributed by atoms with E-state index in [0.29, 0.717) is 6.04 Å². The van der Waals surface area contributed by atoms with E-state index < -0.39 is 0 Å². The fraction of sp³-hybridized carbons (Fsp3) is 0.727. The number of nitrogens with zero attached hydrogens (tertiary/aromatic N) is 2. The van der Waals surface area contributed by atoms with Crippen molar-refractivity contribution in [1.82, 2.24) is 9.80 Å². The number of carbonyl (C=O) groups excluding carboxylic acids is 1. The van der Waals surface area contributed by atoms with Crippen LogP contribution in [0.2, 0.25) is 0 Å². The first-order valence-electron chi connectivity index (χ1n) is 5.61. The van der Waals surface area contributed by atoms with Crippen LogP contribution in [-0.2, 0) is 9.59 Å². The smallest absolute Gasteiger partial charge is 0.483 e. The SMILES string of the molecule is CC(=O)N1CCC(N2[CH-]CC2)CC1.O=CO.[Li+]. The number of rotatable bonds is 1. The molecule has 0 atom stereocenters. The monoisotopic (exact) mass is 234 g/mol. The molecule has 2 saturated heterocycles. The van der Waals surface area contributed by atoms with Crippen molar-refractivity contribution in [2.45, 2.75) is 32.2 Å². The average molecular weight is 234 g/mol. The van der Waals surface area contributed by atoms with Crippen molar-refractivity contribution >= 4 is 12.4 Å². The molecule has 0 saturated carbocycles. The molecule has 0 unspecified atom stereocenters. The first-order chi connectivity index (χ1) is 7.69. The summed E-state index contributed by atoms with van der Waals surface area (Å²) < 4.78 is 0. The second-order valence-corrected chi connectivity index (χ2v) is 4.05. The normalized spacial score (nSPS) is 20.4. The number of carbonyl (C=O) groups is 2. The summed E-state index contributed by atoms with van der Waals surface area (Å²) in [5.74, 6) is 0.228. The minimum absolute atomic E-state index is 0. The molecular formula is C11H19LiN2O3. The largest absolute Gasteiger partial charge is 1.00 e. The zero-order valence-electron chi connectivity index (χ0n) is 10.6. The zero-order valence-corrected chi connectivity index (χ0v) is 10.6. The molecule has 0 aliphatic carbocycles. The Balaban J connectivity index is 0.000000583. The third-order valence-electron chi connectivity index (χ3n) is 3.13. The Bertz CT molecular complexity index is 239. The molecule has 5 nitrogen and oxygen atoms in total. The van der Waals surface area contributed by atoms with Gasteiger partial charge >= 0.3 is 18.9 Å². The molecule has 0 aromatic heterocycles. The molecular weight excluding hydrogens is 215 g/mol. The Hall–Kier alpha value is -0.503. The topological polar surface area (TPSA) is 60.9 Å². The molecule has 0 radical (unpaired) electrons. The average Bonchev–Trinajstić information content (AvgIpc) is 2.17. The summed E-state index contributed by atoms with van der Waals surface area (Å²) >= 11 is 0. The van der Waals surface area contributed by atoms with Crippen LogP contribution in [0.5, 0.6) is 0 Å². The van der Waals surface area contributed by atoms with Crippen LogP contribution in [0, 0.1) is 6.54 Å². The number of likely N-dealkylation sites (tertiary alicyclic amines) is 2. The van der Waals surface area contributed by atoms with Gasteiger partial charge < -0.3 is 14.9 Å². The van der Waals surface area contributed by atoms with Crippen LogP contribution >= 0.6 is 0 Å². The minimum Gasteiger partial charge on any atom is -0.483 e. The summed E-state index contributed by atoms with van der Waals surface area (Å²) in [4.78, 5) is 23.8. The van der Waals surface area contributed by atoms with Crippen LogP contribution in [-0.4, -0.2) is 53.0 Å². The van der Waals surface area contributed by atoms with E-state index in [2.05, 4.69) is 11.4 Å². The Morgan fingerprint density at radius 3 is 2.12 bits per heavy atom. The number of amides is 1. The van der Waals surface area contributed by atoms with Crippen LogP contribution in [0.15, 0.2) is 0 Å². The maximum absolute atomic E-state index is 11.1. The van der Waals surface area contributed by atoms with Gasteiger partial charge in [-0.3, -0.25) is 16.1 Å². The summed E-state index contributed by atoms with van der Waals surface area (Å²) in [6.45, 7) is 6.82. The molecule has 6 heteroatoms. The van der Waals surface area contributed by atoms with E-state index in [1.165, 1.54) is 13.0 Å². The molecule has 2 rings (SSSR count). The molecule has 2 aliphatic rings. The van der Waals surface area contributed by atoms with Gasteiger partial charge in [-0.05, 0) is 18.9 Å². The van der Waals surface area contributed by atoms with Gasteiger partial charge in [0, 0.05) is 20.0 Å². The van der Waals surface area contributed by atoms with Crippen LogP contribution < -0.4 is 18.9 Å². The minimum atomic E-state index is -0.250. The zero-order chi connectivity index (χ0) is 12.0. The number of piperidine rings is 1. The fourth-order valence-electron chi connectivity index (χ4n) is 2.12. The molecule has 2 fully saturated rings. The van der Waals surface area contributed by atoms with Gasteiger partial charge in [0.05, 0.1) is 0 Å². The Labute approximate surface area is 114 Å². The maximum atomic E-state index is 11.1. The number of hydrogen-bond acceptors (Lipinski definition) is 3. The quantitative estimate of drug-likeness (QED) is 0.311. The maximum Gasteiger partial charge on any atom is 1.00 e. The van der Waals surface area contributed by atoms with E-state index >= 15 is 0 Å². The van der Waals surface area contributed by atoms with Crippen LogP contribution in [0.3, 0.4) is 0 Å². The number of hydrogen-bond donors (Lipinski definition) is 1. The Morgan fingerprint density at radius 2 is 1.82 bits per heavy atom. The Kier molecular flexibility index (Phi) is 8.31. The van der Waals surface area contributed by atoms with Crippen molar-refractivity contribution in [3.05, 3.63) is 6.54 Å². The van der Waals surface area contributed by atoms with Crippen molar-refractivity contribution in [2.75, 3.05) is 19.6 Å². The molecule has 17 heavy (non-hydrogen) atoms. The van der Waals surface area contributed by atoms with Gasteiger partial charge in [-0.25, -0.2) is 0 Å². The predicted molar refractivity (Wildman–Crippen MR) is 59.6 cm³/mol. The van der Waals surface area contributed by atoms with Crippen LogP contribution in [0.25, 0.3) is 0 Å². The summed E-state index contributed by atoms with van der Waals surface area (Å²) in [6, 6.07) is 0.712. The van der Waals surface area contributed by atoms with E-state index in [1.807, 2.05) is 4.90 Å².